The number of hydrogen-bond acceptors (Lipinski definition) is 4. The molecule has 0 aliphatic carbocycles. The minimum absolute atomic E-state index is 0.248. The maximum absolute atomic E-state index is 11.4. The lowest BCUT2D eigenvalue weighted by atomic mass is 10.0. The standard InChI is InChI=1S/C14H12O4/c1-17-14(16)13-5-4-11-6-10(8-18-9-15)2-3-12(11)7-13/h2-7,9H,8H2,1H3. The Hall–Kier alpha value is -2.36. The largest absolute Gasteiger partial charge is 0.465 e. The first-order chi connectivity index (χ1) is 8.74. The van der Waals surface area contributed by atoms with Crippen molar-refractivity contribution >= 4 is 23.2 Å². The fraction of sp³-hybridized carbons (Fsp3) is 0.143. The molecule has 0 aromatic heterocycles. The van der Waals surface area contributed by atoms with E-state index in [1.54, 1.807) is 12.1 Å². The van der Waals surface area contributed by atoms with Gasteiger partial charge in [-0.1, -0.05) is 18.2 Å². The van der Waals surface area contributed by atoms with Crippen molar-refractivity contribution in [1.82, 2.24) is 0 Å². The maximum Gasteiger partial charge on any atom is 0.337 e. The quantitative estimate of drug-likeness (QED) is 0.611. The molecule has 0 bridgehead atoms. The van der Waals surface area contributed by atoms with Crippen molar-refractivity contribution in [2.75, 3.05) is 7.11 Å². The second-order valence-electron chi connectivity index (χ2n) is 3.80. The highest BCUT2D eigenvalue weighted by atomic mass is 16.5. The summed E-state index contributed by atoms with van der Waals surface area (Å²) < 4.78 is 9.36. The Balaban J connectivity index is 2.35. The van der Waals surface area contributed by atoms with Crippen molar-refractivity contribution in [3.05, 3.63) is 47.5 Å². The van der Waals surface area contributed by atoms with Gasteiger partial charge in [-0.25, -0.2) is 4.79 Å². The van der Waals surface area contributed by atoms with E-state index in [1.165, 1.54) is 7.11 Å². The molecule has 0 saturated heterocycles. The van der Waals surface area contributed by atoms with Crippen molar-refractivity contribution in [3.63, 3.8) is 0 Å². The lowest BCUT2D eigenvalue weighted by molar-refractivity contribution is -0.129. The third-order valence-corrected chi connectivity index (χ3v) is 2.64. The monoisotopic (exact) mass is 244 g/mol. The van der Waals surface area contributed by atoms with Crippen LogP contribution in [-0.4, -0.2) is 19.6 Å². The van der Waals surface area contributed by atoms with E-state index in [0.717, 1.165) is 16.3 Å². The maximum atomic E-state index is 11.4. The molecule has 0 aliphatic heterocycles. The minimum atomic E-state index is -0.356. The summed E-state index contributed by atoms with van der Waals surface area (Å²) in [5, 5.41) is 1.92. The van der Waals surface area contributed by atoms with Crippen molar-refractivity contribution < 1.29 is 19.1 Å². The summed E-state index contributed by atoms with van der Waals surface area (Å²) in [6.45, 7) is 0.669. The second-order valence-corrected chi connectivity index (χ2v) is 3.80. The van der Waals surface area contributed by atoms with Crippen molar-refractivity contribution in [2.45, 2.75) is 6.61 Å². The number of ether oxygens (including phenoxy) is 2. The van der Waals surface area contributed by atoms with E-state index < -0.39 is 0 Å². The highest BCUT2D eigenvalue weighted by Gasteiger charge is 2.06. The highest BCUT2D eigenvalue weighted by molar-refractivity contribution is 5.95. The van der Waals surface area contributed by atoms with Gasteiger partial charge in [0, 0.05) is 0 Å². The van der Waals surface area contributed by atoms with Gasteiger partial charge in [-0.05, 0) is 34.5 Å². The molecule has 0 spiro atoms. The van der Waals surface area contributed by atoms with Crippen LogP contribution in [0.15, 0.2) is 36.4 Å². The molecule has 2 aromatic rings. The van der Waals surface area contributed by atoms with Gasteiger partial charge >= 0.3 is 5.97 Å². The first-order valence-corrected chi connectivity index (χ1v) is 5.41. The first kappa shape index (κ1) is 12.1. The predicted molar refractivity (Wildman–Crippen MR) is 66.1 cm³/mol. The Labute approximate surface area is 104 Å². The van der Waals surface area contributed by atoms with Crippen LogP contribution in [0.3, 0.4) is 0 Å². The highest BCUT2D eigenvalue weighted by Crippen LogP contribution is 2.19. The van der Waals surface area contributed by atoms with Crippen molar-refractivity contribution in [1.29, 1.82) is 0 Å². The average Bonchev–Trinajstić information content (AvgIpc) is 2.43. The zero-order valence-corrected chi connectivity index (χ0v) is 9.88. The van der Waals surface area contributed by atoms with Gasteiger partial charge in [-0.2, -0.15) is 0 Å². The van der Waals surface area contributed by atoms with Gasteiger partial charge in [0.2, 0.25) is 0 Å². The second kappa shape index (κ2) is 5.31. The summed E-state index contributed by atoms with van der Waals surface area (Å²) in [4.78, 5) is 21.5. The number of carbonyl (C=O) groups excluding carboxylic acids is 2. The molecule has 4 nitrogen and oxygen atoms in total. The molecule has 0 radical (unpaired) electrons. The van der Waals surface area contributed by atoms with Crippen LogP contribution < -0.4 is 0 Å². The van der Waals surface area contributed by atoms with Gasteiger partial charge in [0.15, 0.2) is 0 Å². The molecule has 0 saturated carbocycles. The summed E-state index contributed by atoms with van der Waals surface area (Å²) in [6, 6.07) is 11.0. The van der Waals surface area contributed by atoms with E-state index in [-0.39, 0.29) is 12.6 Å². The Morgan fingerprint density at radius 1 is 1.17 bits per heavy atom. The molecule has 0 unspecified atom stereocenters. The normalized spacial score (nSPS) is 10.1. The SMILES string of the molecule is COC(=O)c1ccc2cc(COC=O)ccc2c1. The summed E-state index contributed by atoms with van der Waals surface area (Å²) in [5.74, 6) is -0.356. The molecule has 0 N–H and O–H groups in total. The minimum Gasteiger partial charge on any atom is -0.465 e. The van der Waals surface area contributed by atoms with Crippen LogP contribution in [0.1, 0.15) is 15.9 Å². The fourth-order valence-electron chi connectivity index (χ4n) is 1.76. The van der Waals surface area contributed by atoms with Crippen LogP contribution in [0.2, 0.25) is 0 Å². The predicted octanol–water partition coefficient (Wildman–Crippen LogP) is 2.30. The Morgan fingerprint density at radius 3 is 2.61 bits per heavy atom. The summed E-state index contributed by atoms with van der Waals surface area (Å²) >= 11 is 0. The van der Waals surface area contributed by atoms with Gasteiger partial charge in [0.05, 0.1) is 12.7 Å². The van der Waals surface area contributed by atoms with E-state index in [1.807, 2.05) is 24.3 Å². The summed E-state index contributed by atoms with van der Waals surface area (Å²) in [7, 11) is 1.35. The number of methoxy groups -OCH3 is 1. The molecule has 92 valence electrons. The van der Waals surface area contributed by atoms with E-state index >= 15 is 0 Å². The number of rotatable bonds is 4. The van der Waals surface area contributed by atoms with Gasteiger partial charge in [-0.15, -0.1) is 0 Å². The summed E-state index contributed by atoms with van der Waals surface area (Å²) in [6.07, 6.45) is 0. The van der Waals surface area contributed by atoms with Crippen LogP contribution in [0.25, 0.3) is 10.8 Å². The molecule has 0 fully saturated rings. The summed E-state index contributed by atoms with van der Waals surface area (Å²) in [5.41, 5.74) is 1.42. The van der Waals surface area contributed by atoms with Crippen molar-refractivity contribution in [3.8, 4) is 0 Å². The number of esters is 1. The Morgan fingerprint density at radius 2 is 1.89 bits per heavy atom. The number of hydrogen-bond donors (Lipinski definition) is 0. The number of fused-ring (bicyclic) bond motifs is 1. The van der Waals surface area contributed by atoms with Gasteiger partial charge in [0.1, 0.15) is 6.61 Å². The van der Waals surface area contributed by atoms with E-state index in [0.29, 0.717) is 12.0 Å². The third-order valence-electron chi connectivity index (χ3n) is 2.64. The molecular formula is C14H12O4. The van der Waals surface area contributed by atoms with Crippen LogP contribution in [0.5, 0.6) is 0 Å². The lowest BCUT2D eigenvalue weighted by Gasteiger charge is -2.04. The van der Waals surface area contributed by atoms with Gasteiger partial charge in [-0.3, -0.25) is 4.79 Å². The zero-order valence-electron chi connectivity index (χ0n) is 9.88. The zero-order chi connectivity index (χ0) is 13.0. The van der Waals surface area contributed by atoms with Crippen molar-refractivity contribution in [2.24, 2.45) is 0 Å². The Bertz CT molecular complexity index is 589. The van der Waals surface area contributed by atoms with E-state index in [9.17, 15) is 9.59 Å². The smallest absolute Gasteiger partial charge is 0.337 e. The van der Waals surface area contributed by atoms with E-state index in [2.05, 4.69) is 4.74 Å². The van der Waals surface area contributed by atoms with Crippen LogP contribution in [-0.2, 0) is 20.9 Å². The number of carbonyl (C=O) groups is 2. The van der Waals surface area contributed by atoms with Crippen LogP contribution in [0.4, 0.5) is 0 Å². The van der Waals surface area contributed by atoms with Gasteiger partial charge in [0.25, 0.3) is 6.47 Å². The van der Waals surface area contributed by atoms with Crippen LogP contribution in [0, 0.1) is 0 Å². The van der Waals surface area contributed by atoms with Crippen LogP contribution >= 0.6 is 0 Å². The lowest BCUT2D eigenvalue weighted by Crippen LogP contribution is -2.00. The molecule has 0 atom stereocenters. The molecular weight excluding hydrogens is 232 g/mol. The Kier molecular flexibility index (Phi) is 3.57. The molecule has 2 rings (SSSR count). The first-order valence-electron chi connectivity index (χ1n) is 5.41. The van der Waals surface area contributed by atoms with E-state index in [4.69, 9.17) is 4.74 Å². The average molecular weight is 244 g/mol. The molecule has 0 heterocycles. The molecule has 0 amide bonds. The molecule has 0 aliphatic rings. The topological polar surface area (TPSA) is 52.6 Å². The third kappa shape index (κ3) is 2.48. The van der Waals surface area contributed by atoms with Gasteiger partial charge < -0.3 is 9.47 Å². The fourth-order valence-corrected chi connectivity index (χ4v) is 1.76. The number of benzene rings is 2. The molecule has 2 aromatic carbocycles. The molecule has 4 heteroatoms. The molecule has 18 heavy (non-hydrogen) atoms.